The van der Waals surface area contributed by atoms with Gasteiger partial charge in [0, 0.05) is 17.8 Å². The van der Waals surface area contributed by atoms with Crippen LogP contribution in [0.15, 0.2) is 35.0 Å². The smallest absolute Gasteiger partial charge is 0.0813 e. The average molecular weight is 259 g/mol. The van der Waals surface area contributed by atoms with E-state index in [1.807, 2.05) is 6.07 Å². The van der Waals surface area contributed by atoms with E-state index in [1.165, 1.54) is 11.1 Å². The van der Waals surface area contributed by atoms with Gasteiger partial charge in [-0.25, -0.2) is 0 Å². The van der Waals surface area contributed by atoms with Crippen LogP contribution in [0.5, 0.6) is 0 Å². The van der Waals surface area contributed by atoms with Crippen LogP contribution in [0.1, 0.15) is 29.2 Å². The second-order valence-corrected chi connectivity index (χ2v) is 5.52. The largest absolute Gasteiger partial charge is 0.388 e. The Morgan fingerprint density at radius 2 is 2.28 bits per heavy atom. The Bertz CT molecular complexity index is 521. The first kappa shape index (κ1) is 11.8. The second-order valence-electron chi connectivity index (χ2n) is 4.74. The van der Waals surface area contributed by atoms with Crippen LogP contribution in [0.2, 0.25) is 0 Å². The molecule has 1 aliphatic rings. The SMILES string of the molecule is OC(CCc1ccsc1)c1cccc2c1NCC2. The molecule has 3 heteroatoms. The summed E-state index contributed by atoms with van der Waals surface area (Å²) in [6.07, 6.45) is 2.43. The molecule has 0 aliphatic carbocycles. The number of fused-ring (bicyclic) bond motifs is 1. The van der Waals surface area contributed by atoms with E-state index in [9.17, 15) is 5.11 Å². The number of benzene rings is 1. The quantitative estimate of drug-likeness (QED) is 0.882. The molecule has 1 aromatic carbocycles. The van der Waals surface area contributed by atoms with Crippen molar-refractivity contribution >= 4 is 17.0 Å². The summed E-state index contributed by atoms with van der Waals surface area (Å²) in [6, 6.07) is 8.36. The highest BCUT2D eigenvalue weighted by Gasteiger charge is 2.18. The van der Waals surface area contributed by atoms with Crippen LogP contribution in [-0.4, -0.2) is 11.7 Å². The van der Waals surface area contributed by atoms with Gasteiger partial charge in [-0.15, -0.1) is 0 Å². The molecule has 2 N–H and O–H groups in total. The lowest BCUT2D eigenvalue weighted by Crippen LogP contribution is -2.03. The van der Waals surface area contributed by atoms with Gasteiger partial charge in [-0.3, -0.25) is 0 Å². The number of thiophene rings is 1. The third-order valence-electron chi connectivity index (χ3n) is 3.52. The third kappa shape index (κ3) is 2.28. The van der Waals surface area contributed by atoms with E-state index in [4.69, 9.17) is 0 Å². The van der Waals surface area contributed by atoms with Crippen LogP contribution in [0.3, 0.4) is 0 Å². The van der Waals surface area contributed by atoms with Gasteiger partial charge in [0.2, 0.25) is 0 Å². The van der Waals surface area contributed by atoms with Crippen molar-refractivity contribution in [2.75, 3.05) is 11.9 Å². The van der Waals surface area contributed by atoms with Crippen LogP contribution in [-0.2, 0) is 12.8 Å². The van der Waals surface area contributed by atoms with E-state index in [-0.39, 0.29) is 6.10 Å². The van der Waals surface area contributed by atoms with Crippen LogP contribution < -0.4 is 5.32 Å². The van der Waals surface area contributed by atoms with Gasteiger partial charge < -0.3 is 10.4 Å². The fourth-order valence-electron chi connectivity index (χ4n) is 2.54. The number of anilines is 1. The Hall–Kier alpha value is -1.32. The molecule has 0 saturated carbocycles. The van der Waals surface area contributed by atoms with Gasteiger partial charge in [0.15, 0.2) is 0 Å². The first-order valence-corrected chi connectivity index (χ1v) is 7.33. The third-order valence-corrected chi connectivity index (χ3v) is 4.26. The molecule has 0 bridgehead atoms. The Balaban J connectivity index is 1.72. The van der Waals surface area contributed by atoms with E-state index in [1.54, 1.807) is 11.3 Å². The summed E-state index contributed by atoms with van der Waals surface area (Å²) < 4.78 is 0. The lowest BCUT2D eigenvalue weighted by Gasteiger charge is -2.15. The van der Waals surface area contributed by atoms with Crippen LogP contribution in [0.25, 0.3) is 0 Å². The molecular formula is C15H17NOS. The fourth-order valence-corrected chi connectivity index (χ4v) is 3.24. The molecule has 0 amide bonds. The predicted octanol–water partition coefficient (Wildman–Crippen LogP) is 3.38. The molecule has 18 heavy (non-hydrogen) atoms. The molecule has 2 aromatic rings. The summed E-state index contributed by atoms with van der Waals surface area (Å²) >= 11 is 1.71. The normalized spacial score (nSPS) is 15.2. The zero-order valence-electron chi connectivity index (χ0n) is 10.2. The topological polar surface area (TPSA) is 32.3 Å². The van der Waals surface area contributed by atoms with Crippen molar-refractivity contribution in [2.45, 2.75) is 25.4 Å². The molecule has 1 atom stereocenters. The maximum atomic E-state index is 10.3. The number of aliphatic hydroxyl groups excluding tert-OH is 1. The standard InChI is InChI=1S/C15H17NOS/c17-14(5-4-11-7-9-18-10-11)13-3-1-2-12-6-8-16-15(12)13/h1-3,7,9-10,14,16-17H,4-6,8H2. The minimum Gasteiger partial charge on any atom is -0.388 e. The number of nitrogens with one attached hydrogen (secondary N) is 1. The van der Waals surface area contributed by atoms with Crippen LogP contribution >= 0.6 is 11.3 Å². The Morgan fingerprint density at radius 1 is 1.33 bits per heavy atom. The maximum absolute atomic E-state index is 10.3. The average Bonchev–Trinajstić information content (AvgIpc) is 3.05. The predicted molar refractivity (Wildman–Crippen MR) is 76.2 cm³/mol. The summed E-state index contributed by atoms with van der Waals surface area (Å²) in [5.74, 6) is 0. The van der Waals surface area contributed by atoms with Crippen molar-refractivity contribution in [2.24, 2.45) is 0 Å². The monoisotopic (exact) mass is 259 g/mol. The molecule has 0 spiro atoms. The molecule has 3 rings (SSSR count). The number of para-hydroxylation sites is 1. The van der Waals surface area contributed by atoms with Gasteiger partial charge in [0.05, 0.1) is 6.10 Å². The first-order chi connectivity index (χ1) is 8.84. The highest BCUT2D eigenvalue weighted by molar-refractivity contribution is 7.07. The van der Waals surface area contributed by atoms with E-state index in [0.717, 1.165) is 37.1 Å². The van der Waals surface area contributed by atoms with Gasteiger partial charge in [0.1, 0.15) is 0 Å². The van der Waals surface area contributed by atoms with Crippen molar-refractivity contribution in [3.63, 3.8) is 0 Å². The first-order valence-electron chi connectivity index (χ1n) is 6.39. The number of aliphatic hydroxyl groups is 1. The highest BCUT2D eigenvalue weighted by Crippen LogP contribution is 2.32. The molecular weight excluding hydrogens is 242 g/mol. The summed E-state index contributed by atoms with van der Waals surface area (Å²) in [5, 5.41) is 18.0. The van der Waals surface area contributed by atoms with Gasteiger partial charge >= 0.3 is 0 Å². The summed E-state index contributed by atoms with van der Waals surface area (Å²) in [4.78, 5) is 0. The zero-order valence-corrected chi connectivity index (χ0v) is 11.0. The van der Waals surface area contributed by atoms with Crippen LogP contribution in [0, 0.1) is 0 Å². The fraction of sp³-hybridized carbons (Fsp3) is 0.333. The van der Waals surface area contributed by atoms with Gasteiger partial charge in [-0.05, 0) is 47.2 Å². The minimum atomic E-state index is -0.370. The molecule has 2 heterocycles. The van der Waals surface area contributed by atoms with Crippen molar-refractivity contribution in [3.8, 4) is 0 Å². The van der Waals surface area contributed by atoms with Crippen molar-refractivity contribution in [3.05, 3.63) is 51.7 Å². The van der Waals surface area contributed by atoms with Gasteiger partial charge in [-0.1, -0.05) is 18.2 Å². The number of rotatable bonds is 4. The second kappa shape index (κ2) is 5.12. The van der Waals surface area contributed by atoms with Crippen LogP contribution in [0.4, 0.5) is 5.69 Å². The van der Waals surface area contributed by atoms with E-state index < -0.39 is 0 Å². The Labute approximate surface area is 111 Å². The number of hydrogen-bond donors (Lipinski definition) is 2. The molecule has 0 radical (unpaired) electrons. The Kier molecular flexibility index (Phi) is 3.35. The van der Waals surface area contributed by atoms with Crippen molar-refractivity contribution in [1.29, 1.82) is 0 Å². The molecule has 1 unspecified atom stereocenters. The minimum absolute atomic E-state index is 0.370. The lowest BCUT2D eigenvalue weighted by molar-refractivity contribution is 0.168. The maximum Gasteiger partial charge on any atom is 0.0813 e. The summed E-state index contributed by atoms with van der Waals surface area (Å²) in [6.45, 7) is 0.990. The molecule has 1 aromatic heterocycles. The van der Waals surface area contributed by atoms with E-state index in [0.29, 0.717) is 0 Å². The molecule has 0 saturated heterocycles. The van der Waals surface area contributed by atoms with E-state index >= 15 is 0 Å². The lowest BCUT2D eigenvalue weighted by atomic mass is 9.99. The van der Waals surface area contributed by atoms with Crippen molar-refractivity contribution < 1.29 is 5.11 Å². The number of hydrogen-bond acceptors (Lipinski definition) is 3. The number of aryl methyl sites for hydroxylation is 1. The highest BCUT2D eigenvalue weighted by atomic mass is 32.1. The zero-order chi connectivity index (χ0) is 12.4. The Morgan fingerprint density at radius 3 is 3.11 bits per heavy atom. The summed E-state index contributed by atoms with van der Waals surface area (Å²) in [5.41, 5.74) is 4.87. The van der Waals surface area contributed by atoms with Gasteiger partial charge in [-0.2, -0.15) is 11.3 Å². The molecule has 2 nitrogen and oxygen atoms in total. The molecule has 0 fully saturated rings. The molecule has 1 aliphatic heterocycles. The van der Waals surface area contributed by atoms with E-state index in [2.05, 4.69) is 34.3 Å². The van der Waals surface area contributed by atoms with Gasteiger partial charge in [0.25, 0.3) is 0 Å². The summed E-state index contributed by atoms with van der Waals surface area (Å²) in [7, 11) is 0. The molecule has 94 valence electrons. The van der Waals surface area contributed by atoms with Crippen molar-refractivity contribution in [1.82, 2.24) is 0 Å².